The SMILES string of the molecule is CCCCCCCCCCCC(CCCCCC)c1ccc(/C(C)=N/OC)cc1. The van der Waals surface area contributed by atoms with Gasteiger partial charge in [-0.2, -0.15) is 0 Å². The summed E-state index contributed by atoms with van der Waals surface area (Å²) in [6, 6.07) is 9.07. The first-order valence-electron chi connectivity index (χ1n) is 12.4. The van der Waals surface area contributed by atoms with Gasteiger partial charge in [0.2, 0.25) is 0 Å². The molecule has 0 N–H and O–H groups in total. The molecular weight excluding hydrogens is 354 g/mol. The number of hydrogen-bond acceptors (Lipinski definition) is 2. The van der Waals surface area contributed by atoms with Gasteiger partial charge in [-0.1, -0.05) is 127 Å². The molecule has 29 heavy (non-hydrogen) atoms. The molecule has 1 aromatic carbocycles. The number of hydrogen-bond donors (Lipinski definition) is 0. The molecular formula is C27H47NO. The Hall–Kier alpha value is -1.31. The van der Waals surface area contributed by atoms with E-state index < -0.39 is 0 Å². The Morgan fingerprint density at radius 3 is 1.66 bits per heavy atom. The fourth-order valence-corrected chi connectivity index (χ4v) is 4.18. The summed E-state index contributed by atoms with van der Waals surface area (Å²) in [5.41, 5.74) is 3.61. The summed E-state index contributed by atoms with van der Waals surface area (Å²) in [6.07, 6.45) is 20.8. The third kappa shape index (κ3) is 12.1. The first-order valence-corrected chi connectivity index (χ1v) is 12.4. The summed E-state index contributed by atoms with van der Waals surface area (Å²) in [6.45, 7) is 6.59. The van der Waals surface area contributed by atoms with Crippen molar-refractivity contribution < 1.29 is 4.84 Å². The maximum atomic E-state index is 4.91. The summed E-state index contributed by atoms with van der Waals surface area (Å²) in [5, 5.41) is 4.06. The first-order chi connectivity index (χ1) is 14.2. The van der Waals surface area contributed by atoms with Gasteiger partial charge in [-0.25, -0.2) is 0 Å². The molecule has 0 amide bonds. The molecule has 1 aromatic rings. The lowest BCUT2D eigenvalue weighted by Crippen LogP contribution is -2.02. The van der Waals surface area contributed by atoms with Crippen LogP contribution < -0.4 is 0 Å². The second kappa shape index (κ2) is 17.5. The van der Waals surface area contributed by atoms with Crippen molar-refractivity contribution in [2.24, 2.45) is 5.16 Å². The van der Waals surface area contributed by atoms with Crippen LogP contribution >= 0.6 is 0 Å². The van der Waals surface area contributed by atoms with Gasteiger partial charge in [0.15, 0.2) is 0 Å². The molecule has 0 aliphatic carbocycles. The minimum absolute atomic E-state index is 0.713. The van der Waals surface area contributed by atoms with Crippen LogP contribution in [0.3, 0.4) is 0 Å². The number of rotatable bonds is 18. The fraction of sp³-hybridized carbons (Fsp3) is 0.741. The largest absolute Gasteiger partial charge is 0.399 e. The average Bonchev–Trinajstić information content (AvgIpc) is 2.74. The van der Waals surface area contributed by atoms with Crippen LogP contribution in [0.4, 0.5) is 0 Å². The van der Waals surface area contributed by atoms with Crippen LogP contribution in [0.15, 0.2) is 29.4 Å². The third-order valence-corrected chi connectivity index (χ3v) is 6.09. The molecule has 2 nitrogen and oxygen atoms in total. The molecule has 166 valence electrons. The standard InChI is InChI=1S/C27H47NO/c1-5-7-9-11-12-13-14-15-17-19-26(18-16-10-8-6-2)27-22-20-25(21-23-27)24(3)28-29-4/h20-23,26H,5-19H2,1-4H3/b28-24+. The van der Waals surface area contributed by atoms with Gasteiger partial charge in [0.1, 0.15) is 7.11 Å². The van der Waals surface area contributed by atoms with E-state index in [2.05, 4.69) is 43.3 Å². The van der Waals surface area contributed by atoms with Gasteiger partial charge in [0, 0.05) is 0 Å². The van der Waals surface area contributed by atoms with E-state index in [1.807, 2.05) is 6.92 Å². The number of unbranched alkanes of at least 4 members (excludes halogenated alkanes) is 11. The molecule has 0 heterocycles. The predicted octanol–water partition coefficient (Wildman–Crippen LogP) is 9.03. The predicted molar refractivity (Wildman–Crippen MR) is 129 cm³/mol. The van der Waals surface area contributed by atoms with E-state index in [-0.39, 0.29) is 0 Å². The lowest BCUT2D eigenvalue weighted by molar-refractivity contribution is 0.213. The first kappa shape index (κ1) is 25.7. The van der Waals surface area contributed by atoms with E-state index in [9.17, 15) is 0 Å². The zero-order chi connectivity index (χ0) is 21.2. The average molecular weight is 402 g/mol. The van der Waals surface area contributed by atoms with Crippen LogP contribution in [0, 0.1) is 0 Å². The summed E-state index contributed by atoms with van der Waals surface area (Å²) < 4.78 is 0. The van der Waals surface area contributed by atoms with Gasteiger partial charge in [-0.3, -0.25) is 0 Å². The van der Waals surface area contributed by atoms with Gasteiger partial charge in [-0.15, -0.1) is 0 Å². The fourth-order valence-electron chi connectivity index (χ4n) is 4.18. The van der Waals surface area contributed by atoms with E-state index in [0.717, 1.165) is 11.3 Å². The Morgan fingerprint density at radius 2 is 1.17 bits per heavy atom. The molecule has 0 saturated heterocycles. The van der Waals surface area contributed by atoms with Crippen molar-refractivity contribution in [3.63, 3.8) is 0 Å². The molecule has 1 rings (SSSR count). The Labute approximate surface area is 181 Å². The van der Waals surface area contributed by atoms with Crippen molar-refractivity contribution in [2.45, 2.75) is 123 Å². The Balaban J connectivity index is 2.46. The van der Waals surface area contributed by atoms with E-state index in [4.69, 9.17) is 4.84 Å². The van der Waals surface area contributed by atoms with Gasteiger partial charge < -0.3 is 4.84 Å². The quantitative estimate of drug-likeness (QED) is 0.136. The highest BCUT2D eigenvalue weighted by Crippen LogP contribution is 2.29. The summed E-state index contributed by atoms with van der Waals surface area (Å²) in [5.74, 6) is 0.713. The monoisotopic (exact) mass is 401 g/mol. The van der Waals surface area contributed by atoms with E-state index in [1.165, 1.54) is 102 Å². The minimum Gasteiger partial charge on any atom is -0.399 e. The van der Waals surface area contributed by atoms with E-state index in [1.54, 1.807) is 7.11 Å². The van der Waals surface area contributed by atoms with Crippen LogP contribution in [-0.4, -0.2) is 12.8 Å². The second-order valence-corrected chi connectivity index (χ2v) is 8.64. The highest BCUT2D eigenvalue weighted by atomic mass is 16.6. The molecule has 1 unspecified atom stereocenters. The minimum atomic E-state index is 0.713. The lowest BCUT2D eigenvalue weighted by atomic mass is 9.87. The van der Waals surface area contributed by atoms with Gasteiger partial charge >= 0.3 is 0 Å². The van der Waals surface area contributed by atoms with Gasteiger partial charge in [-0.05, 0) is 36.8 Å². The van der Waals surface area contributed by atoms with E-state index >= 15 is 0 Å². The number of nitrogens with zero attached hydrogens (tertiary/aromatic N) is 1. The normalized spacial score (nSPS) is 12.9. The van der Waals surface area contributed by atoms with Crippen molar-refractivity contribution in [1.29, 1.82) is 0 Å². The maximum Gasteiger partial charge on any atom is 0.106 e. The van der Waals surface area contributed by atoms with Crippen LogP contribution in [0.2, 0.25) is 0 Å². The van der Waals surface area contributed by atoms with Crippen LogP contribution in [-0.2, 0) is 4.84 Å². The summed E-state index contributed by atoms with van der Waals surface area (Å²) >= 11 is 0. The van der Waals surface area contributed by atoms with Crippen LogP contribution in [0.5, 0.6) is 0 Å². The molecule has 0 aromatic heterocycles. The topological polar surface area (TPSA) is 21.6 Å². The second-order valence-electron chi connectivity index (χ2n) is 8.64. The van der Waals surface area contributed by atoms with Crippen molar-refractivity contribution in [3.8, 4) is 0 Å². The maximum absolute atomic E-state index is 4.91. The molecule has 1 atom stereocenters. The highest BCUT2D eigenvalue weighted by Gasteiger charge is 2.12. The van der Waals surface area contributed by atoms with Gasteiger partial charge in [0.05, 0.1) is 5.71 Å². The number of oxime groups is 1. The summed E-state index contributed by atoms with van der Waals surface area (Å²) in [7, 11) is 1.61. The highest BCUT2D eigenvalue weighted by molar-refractivity contribution is 5.98. The smallest absolute Gasteiger partial charge is 0.106 e. The zero-order valence-corrected chi connectivity index (χ0v) is 19.8. The van der Waals surface area contributed by atoms with Crippen molar-refractivity contribution in [3.05, 3.63) is 35.4 Å². The van der Waals surface area contributed by atoms with E-state index in [0.29, 0.717) is 5.92 Å². The lowest BCUT2D eigenvalue weighted by Gasteiger charge is -2.18. The zero-order valence-electron chi connectivity index (χ0n) is 19.8. The van der Waals surface area contributed by atoms with Crippen LogP contribution in [0.1, 0.15) is 134 Å². The van der Waals surface area contributed by atoms with Crippen molar-refractivity contribution in [2.75, 3.05) is 7.11 Å². The molecule has 0 aliphatic heterocycles. The third-order valence-electron chi connectivity index (χ3n) is 6.09. The molecule has 0 fully saturated rings. The Bertz CT molecular complexity index is 520. The van der Waals surface area contributed by atoms with Crippen molar-refractivity contribution in [1.82, 2.24) is 0 Å². The summed E-state index contributed by atoms with van der Waals surface area (Å²) in [4.78, 5) is 4.91. The molecule has 0 spiro atoms. The van der Waals surface area contributed by atoms with Gasteiger partial charge in [0.25, 0.3) is 0 Å². The molecule has 0 bridgehead atoms. The number of benzene rings is 1. The van der Waals surface area contributed by atoms with Crippen LogP contribution in [0.25, 0.3) is 0 Å². The molecule has 0 aliphatic rings. The molecule has 0 radical (unpaired) electrons. The Kier molecular flexibility index (Phi) is 15.6. The van der Waals surface area contributed by atoms with Crippen molar-refractivity contribution >= 4 is 5.71 Å². The Morgan fingerprint density at radius 1 is 0.724 bits per heavy atom. The molecule has 0 saturated carbocycles. The molecule has 2 heteroatoms.